The van der Waals surface area contributed by atoms with Crippen molar-refractivity contribution in [3.05, 3.63) is 42.0 Å². The minimum Gasteiger partial charge on any atom is -0.506 e. The highest BCUT2D eigenvalue weighted by atomic mass is 16.4. The highest BCUT2D eigenvalue weighted by Crippen LogP contribution is 2.25. The molecule has 88 valence electrons. The molecule has 0 unspecified atom stereocenters. The van der Waals surface area contributed by atoms with Crippen LogP contribution in [0.4, 0.5) is 0 Å². The van der Waals surface area contributed by atoms with Crippen LogP contribution in [-0.2, 0) is 0 Å². The Balaban J connectivity index is 2.42. The summed E-state index contributed by atoms with van der Waals surface area (Å²) in [7, 11) is 0. The molecule has 0 amide bonds. The summed E-state index contributed by atoms with van der Waals surface area (Å²) in [5, 5.41) is 18.7. The molecule has 3 rings (SSSR count). The minimum atomic E-state index is -1.11. The van der Waals surface area contributed by atoms with Gasteiger partial charge in [-0.1, -0.05) is 12.1 Å². The number of phenolic OH excluding ortho intramolecular Hbond substituents is 1. The number of aromatic nitrogens is 2. The smallest absolute Gasteiger partial charge is 0.335 e. The molecule has 0 atom stereocenters. The van der Waals surface area contributed by atoms with Gasteiger partial charge in [-0.15, -0.1) is 0 Å². The van der Waals surface area contributed by atoms with Crippen LogP contribution in [0, 0.1) is 0 Å². The Morgan fingerprint density at radius 1 is 1.00 bits per heavy atom. The van der Waals surface area contributed by atoms with Gasteiger partial charge in [0.1, 0.15) is 11.3 Å². The molecule has 0 saturated heterocycles. The number of carboxylic acid groups (broad SMARTS) is 1. The maximum atomic E-state index is 10.9. The molecule has 3 aromatic rings. The van der Waals surface area contributed by atoms with Crippen molar-refractivity contribution in [3.63, 3.8) is 0 Å². The molecule has 1 aromatic heterocycles. The summed E-state index contributed by atoms with van der Waals surface area (Å²) >= 11 is 0. The fourth-order valence-corrected chi connectivity index (χ4v) is 1.83. The maximum Gasteiger partial charge on any atom is 0.335 e. The molecule has 5 heteroatoms. The van der Waals surface area contributed by atoms with E-state index in [-0.39, 0.29) is 11.3 Å². The third-order valence-electron chi connectivity index (χ3n) is 2.67. The fraction of sp³-hybridized carbons (Fsp3) is 0. The van der Waals surface area contributed by atoms with Crippen molar-refractivity contribution >= 4 is 28.0 Å². The van der Waals surface area contributed by atoms with Gasteiger partial charge in [0.05, 0.1) is 22.1 Å². The van der Waals surface area contributed by atoms with Gasteiger partial charge in [-0.3, -0.25) is 0 Å². The topological polar surface area (TPSA) is 83.3 Å². The Kier molecular flexibility index (Phi) is 2.13. The lowest BCUT2D eigenvalue weighted by molar-refractivity contribution is 0.0696. The van der Waals surface area contributed by atoms with Crippen molar-refractivity contribution < 1.29 is 15.0 Å². The third-order valence-corrected chi connectivity index (χ3v) is 2.67. The molecule has 0 aliphatic rings. The zero-order valence-electron chi connectivity index (χ0n) is 9.16. The van der Waals surface area contributed by atoms with Crippen LogP contribution in [-0.4, -0.2) is 26.2 Å². The van der Waals surface area contributed by atoms with E-state index in [0.29, 0.717) is 22.1 Å². The summed E-state index contributed by atoms with van der Waals surface area (Å²) in [5.41, 5.74) is 1.98. The van der Waals surface area contributed by atoms with E-state index in [1.54, 1.807) is 12.1 Å². The van der Waals surface area contributed by atoms with Gasteiger partial charge < -0.3 is 10.2 Å². The number of rotatable bonds is 1. The average Bonchev–Trinajstić information content (AvgIpc) is 2.36. The Hall–Kier alpha value is -2.69. The fourth-order valence-electron chi connectivity index (χ4n) is 1.83. The van der Waals surface area contributed by atoms with Crippen molar-refractivity contribution in [2.75, 3.05) is 0 Å². The Morgan fingerprint density at radius 2 is 1.67 bits per heavy atom. The second-order valence-corrected chi connectivity index (χ2v) is 3.88. The molecule has 0 fully saturated rings. The number of phenols is 1. The second kappa shape index (κ2) is 3.66. The summed E-state index contributed by atoms with van der Waals surface area (Å²) in [4.78, 5) is 19.5. The lowest BCUT2D eigenvalue weighted by Gasteiger charge is -2.04. The first kappa shape index (κ1) is 10.5. The predicted molar refractivity (Wildman–Crippen MR) is 65.7 cm³/mol. The highest BCUT2D eigenvalue weighted by molar-refractivity contribution is 5.96. The van der Waals surface area contributed by atoms with Crippen LogP contribution in [0.5, 0.6) is 5.75 Å². The monoisotopic (exact) mass is 240 g/mol. The van der Waals surface area contributed by atoms with Crippen molar-refractivity contribution in [1.29, 1.82) is 0 Å². The Labute approximate surface area is 101 Å². The van der Waals surface area contributed by atoms with Crippen molar-refractivity contribution in [1.82, 2.24) is 9.97 Å². The van der Waals surface area contributed by atoms with Gasteiger partial charge in [-0.05, 0) is 24.3 Å². The van der Waals surface area contributed by atoms with E-state index >= 15 is 0 Å². The number of hydrogen-bond donors (Lipinski definition) is 2. The van der Waals surface area contributed by atoms with Crippen molar-refractivity contribution in [2.24, 2.45) is 0 Å². The van der Waals surface area contributed by atoms with Gasteiger partial charge >= 0.3 is 5.97 Å². The molecular formula is C13H8N2O3. The van der Waals surface area contributed by atoms with Crippen molar-refractivity contribution in [3.8, 4) is 5.75 Å². The molecule has 0 spiro atoms. The molecule has 0 bridgehead atoms. The Bertz CT molecular complexity index is 784. The number of aromatic carboxylic acids is 1. The van der Waals surface area contributed by atoms with Crippen LogP contribution >= 0.6 is 0 Å². The van der Waals surface area contributed by atoms with Crippen LogP contribution < -0.4 is 0 Å². The quantitative estimate of drug-likeness (QED) is 0.637. The molecule has 5 nitrogen and oxygen atoms in total. The predicted octanol–water partition coefficient (Wildman–Crippen LogP) is 2.19. The lowest BCUT2D eigenvalue weighted by Crippen LogP contribution is -1.97. The summed E-state index contributed by atoms with van der Waals surface area (Å²) < 4.78 is 0. The number of carbonyl (C=O) groups is 1. The number of carboxylic acids is 1. The van der Waals surface area contributed by atoms with Crippen LogP contribution in [0.3, 0.4) is 0 Å². The molecule has 0 aliphatic heterocycles. The normalized spacial score (nSPS) is 10.9. The van der Waals surface area contributed by atoms with E-state index in [2.05, 4.69) is 9.97 Å². The first-order valence-corrected chi connectivity index (χ1v) is 5.28. The molecule has 0 radical (unpaired) electrons. The summed E-state index contributed by atoms with van der Waals surface area (Å²) in [6.45, 7) is 0. The first-order valence-electron chi connectivity index (χ1n) is 5.28. The van der Waals surface area contributed by atoms with Gasteiger partial charge in [0.2, 0.25) is 0 Å². The van der Waals surface area contributed by atoms with Crippen LogP contribution in [0.2, 0.25) is 0 Å². The van der Waals surface area contributed by atoms with E-state index in [0.717, 1.165) is 0 Å². The summed E-state index contributed by atoms with van der Waals surface area (Å²) in [6.07, 6.45) is 0. The van der Waals surface area contributed by atoms with Gasteiger partial charge in [-0.25, -0.2) is 14.8 Å². The van der Waals surface area contributed by atoms with E-state index in [1.165, 1.54) is 12.1 Å². The van der Waals surface area contributed by atoms with E-state index < -0.39 is 5.97 Å². The van der Waals surface area contributed by atoms with Gasteiger partial charge in [0, 0.05) is 0 Å². The standard InChI is InChI=1S/C13H8N2O3/c16-11-6-7(13(17)18)5-10-12(11)15-9-4-2-1-3-8(9)14-10/h1-6,16H,(H,17,18). The Morgan fingerprint density at radius 3 is 2.33 bits per heavy atom. The lowest BCUT2D eigenvalue weighted by atomic mass is 10.1. The van der Waals surface area contributed by atoms with Crippen LogP contribution in [0.25, 0.3) is 22.1 Å². The molecule has 0 aliphatic carbocycles. The number of nitrogens with zero attached hydrogens (tertiary/aromatic N) is 2. The minimum absolute atomic E-state index is 0.00965. The van der Waals surface area contributed by atoms with E-state index in [4.69, 9.17) is 5.11 Å². The zero-order chi connectivity index (χ0) is 12.7. The molecule has 2 aromatic carbocycles. The largest absolute Gasteiger partial charge is 0.506 e. The third kappa shape index (κ3) is 1.53. The zero-order valence-corrected chi connectivity index (χ0v) is 9.16. The van der Waals surface area contributed by atoms with Crippen LogP contribution in [0.1, 0.15) is 10.4 Å². The number of hydrogen-bond acceptors (Lipinski definition) is 4. The maximum absolute atomic E-state index is 10.9. The van der Waals surface area contributed by atoms with Gasteiger partial charge in [0.25, 0.3) is 0 Å². The van der Waals surface area contributed by atoms with E-state index in [9.17, 15) is 9.90 Å². The molecule has 0 saturated carbocycles. The number of para-hydroxylation sites is 2. The number of benzene rings is 2. The van der Waals surface area contributed by atoms with Gasteiger partial charge in [-0.2, -0.15) is 0 Å². The van der Waals surface area contributed by atoms with Gasteiger partial charge in [0.15, 0.2) is 0 Å². The number of aromatic hydroxyl groups is 1. The summed E-state index contributed by atoms with van der Waals surface area (Å²) in [6, 6.07) is 9.79. The first-order chi connectivity index (χ1) is 8.65. The molecule has 18 heavy (non-hydrogen) atoms. The number of fused-ring (bicyclic) bond motifs is 2. The van der Waals surface area contributed by atoms with E-state index in [1.807, 2.05) is 12.1 Å². The summed E-state index contributed by atoms with van der Waals surface area (Å²) in [5.74, 6) is -1.29. The SMILES string of the molecule is O=C(O)c1cc(O)c2nc3ccccc3nc2c1. The van der Waals surface area contributed by atoms with Crippen LogP contribution in [0.15, 0.2) is 36.4 Å². The molecule has 1 heterocycles. The highest BCUT2D eigenvalue weighted by Gasteiger charge is 2.11. The second-order valence-electron chi connectivity index (χ2n) is 3.88. The molecule has 2 N–H and O–H groups in total. The van der Waals surface area contributed by atoms with Crippen molar-refractivity contribution in [2.45, 2.75) is 0 Å². The molecular weight excluding hydrogens is 232 g/mol. The average molecular weight is 240 g/mol.